The van der Waals surface area contributed by atoms with Crippen LogP contribution >= 0.6 is 0 Å². The number of phenolic OH excluding ortho intramolecular Hbond substituents is 1. The molecule has 0 fully saturated rings. The number of aryl methyl sites for hydroxylation is 2. The summed E-state index contributed by atoms with van der Waals surface area (Å²) in [5.74, 6) is 0.379. The monoisotopic (exact) mass is 797 g/mol. The van der Waals surface area contributed by atoms with Gasteiger partial charge in [-0.15, -0.1) is 0 Å². The van der Waals surface area contributed by atoms with Crippen LogP contribution in [-0.2, 0) is 16.2 Å². The van der Waals surface area contributed by atoms with E-state index in [-0.39, 0.29) is 22.1 Å². The van der Waals surface area contributed by atoms with Gasteiger partial charge in [-0.05, 0) is 123 Å². The maximum atomic E-state index is 12.1. The number of para-hydroxylation sites is 1. The smallest absolute Gasteiger partial charge is 0.149 e. The number of phenols is 1. The van der Waals surface area contributed by atoms with E-state index in [1.807, 2.05) is 60.2 Å². The summed E-state index contributed by atoms with van der Waals surface area (Å²) in [5, 5.41) is 12.1. The Morgan fingerprint density at radius 3 is 1.92 bits per heavy atom. The highest BCUT2D eigenvalue weighted by atomic mass is 16.3. The van der Waals surface area contributed by atoms with Gasteiger partial charge in [-0.25, -0.2) is 4.98 Å². The minimum absolute atomic E-state index is 0.0155. The minimum atomic E-state index is -3.48. The van der Waals surface area contributed by atoms with Gasteiger partial charge in [-0.3, -0.25) is 9.55 Å². The molecular formula is C56H57N3O. The van der Waals surface area contributed by atoms with Crippen molar-refractivity contribution in [3.63, 3.8) is 0 Å². The van der Waals surface area contributed by atoms with Gasteiger partial charge in [0.05, 0.1) is 28.0 Å². The molecule has 0 saturated carbocycles. The van der Waals surface area contributed by atoms with Crippen LogP contribution in [0.1, 0.15) is 102 Å². The molecule has 6 aromatic carbocycles. The highest BCUT2D eigenvalue weighted by Gasteiger charge is 2.27. The first kappa shape index (κ1) is 30.7. The Balaban J connectivity index is 1.48. The summed E-state index contributed by atoms with van der Waals surface area (Å²) in [6, 6.07) is 42.1. The Kier molecular flexibility index (Phi) is 7.73. The fraction of sp³-hybridized carbons (Fsp3) is 0.250. The van der Waals surface area contributed by atoms with Crippen molar-refractivity contribution in [3.8, 4) is 67.5 Å². The van der Waals surface area contributed by atoms with Crippen LogP contribution in [0, 0.1) is 13.8 Å². The van der Waals surface area contributed by atoms with Crippen LogP contribution in [0.2, 0.25) is 0 Å². The van der Waals surface area contributed by atoms with Crippen molar-refractivity contribution in [1.82, 2.24) is 14.5 Å². The first-order valence-electron chi connectivity index (χ1n) is 24.9. The molecule has 1 N–H and O–H groups in total. The average molecular weight is 797 g/mol. The van der Waals surface area contributed by atoms with E-state index in [9.17, 15) is 5.11 Å². The average Bonchev–Trinajstić information content (AvgIpc) is 3.65. The van der Waals surface area contributed by atoms with Crippen LogP contribution < -0.4 is 0 Å². The second kappa shape index (κ2) is 15.1. The number of aromatic nitrogens is 3. The molecule has 0 atom stereocenters. The van der Waals surface area contributed by atoms with Crippen LogP contribution in [-0.4, -0.2) is 19.6 Å². The summed E-state index contributed by atoms with van der Waals surface area (Å²) in [7, 11) is 0. The molecule has 4 nitrogen and oxygen atoms in total. The van der Waals surface area contributed by atoms with Gasteiger partial charge in [0.2, 0.25) is 0 Å². The summed E-state index contributed by atoms with van der Waals surface area (Å²) >= 11 is 0. The lowest BCUT2D eigenvalue weighted by atomic mass is 9.83. The van der Waals surface area contributed by atoms with Crippen molar-refractivity contribution in [1.29, 1.82) is 0 Å². The molecule has 0 saturated heterocycles. The normalized spacial score (nSPS) is 15.2. The number of fused-ring (bicyclic) bond motifs is 1. The summed E-state index contributed by atoms with van der Waals surface area (Å²) in [5.41, 5.74) is 8.15. The minimum Gasteiger partial charge on any atom is -0.507 e. The van der Waals surface area contributed by atoms with Crippen LogP contribution in [0.25, 0.3) is 72.7 Å². The quantitative estimate of drug-likeness (QED) is 0.182. The molecule has 0 bridgehead atoms. The van der Waals surface area contributed by atoms with Gasteiger partial charge in [-0.2, -0.15) is 0 Å². The summed E-state index contributed by atoms with van der Waals surface area (Å²) < 4.78 is 79.1. The second-order valence-corrected chi connectivity index (χ2v) is 18.1. The van der Waals surface area contributed by atoms with Gasteiger partial charge in [0.1, 0.15) is 11.6 Å². The number of aromatic hydroxyl groups is 1. The summed E-state index contributed by atoms with van der Waals surface area (Å²) in [4.78, 5) is 10.3. The molecule has 0 radical (unpaired) electrons. The molecule has 0 spiro atoms. The van der Waals surface area contributed by atoms with E-state index in [4.69, 9.17) is 22.3 Å². The van der Waals surface area contributed by atoms with Crippen LogP contribution in [0.3, 0.4) is 0 Å². The Hall–Kier alpha value is -6.26. The highest BCUT2D eigenvalue weighted by molar-refractivity contribution is 5.98. The van der Waals surface area contributed by atoms with E-state index in [1.54, 1.807) is 30.3 Å². The Morgan fingerprint density at radius 1 is 0.533 bits per heavy atom. The maximum Gasteiger partial charge on any atom is 0.149 e. The molecule has 0 aliphatic carbocycles. The SMILES string of the molecule is [2H]C([2H])([2H])C(c1ccc(-n2c(-c3cc(C(C)(C)C)cc(C)c3O)nc3c(-c4cc(-c5cc(-c6ccc(C)cc6)ccn5)cc(C(C)(C)C)c4)cccc32)c(-c2ccccc2)c1)(C([2H])([2H])[2H])C([2H])([2H])[2H]. The van der Waals surface area contributed by atoms with Gasteiger partial charge < -0.3 is 5.11 Å². The number of hydrogen-bond donors (Lipinski definition) is 1. The van der Waals surface area contributed by atoms with Crippen LogP contribution in [0.15, 0.2) is 140 Å². The molecule has 0 unspecified atom stereocenters. The molecule has 2 aromatic heterocycles. The summed E-state index contributed by atoms with van der Waals surface area (Å²) in [6.45, 7) is 6.26. The molecule has 0 amide bonds. The Labute approximate surface area is 369 Å². The zero-order valence-electron chi connectivity index (χ0n) is 44.6. The first-order valence-corrected chi connectivity index (χ1v) is 20.4. The van der Waals surface area contributed by atoms with E-state index in [2.05, 4.69) is 97.0 Å². The van der Waals surface area contributed by atoms with Crippen molar-refractivity contribution in [2.75, 3.05) is 0 Å². The number of imidazole rings is 1. The number of pyridine rings is 1. The largest absolute Gasteiger partial charge is 0.507 e. The topological polar surface area (TPSA) is 50.9 Å². The third-order valence-corrected chi connectivity index (χ3v) is 11.4. The number of nitrogens with zero attached hydrogens (tertiary/aromatic N) is 3. The standard InChI is InChI=1S/C56H57N3O/c1-35-20-22-37(23-21-35)39-26-27-57-48(32-39)41-29-40(30-44(31-41)56(9,10)11)45-18-15-19-50-51(45)58-53(47-34-43(55(6,7)8)28-36(2)52(47)60)59(50)49-25-24-42(54(3,4)5)33-46(49)38-16-13-12-14-17-38/h12-34,60H,1-11H3/i3D3,4D3,5D3. The third kappa shape index (κ3) is 7.79. The van der Waals surface area contributed by atoms with E-state index in [1.165, 1.54) is 17.7 Å². The third-order valence-electron chi connectivity index (χ3n) is 11.4. The molecule has 302 valence electrons. The van der Waals surface area contributed by atoms with Crippen molar-refractivity contribution in [2.24, 2.45) is 0 Å². The lowest BCUT2D eigenvalue weighted by molar-refractivity contribution is 0.471. The van der Waals surface area contributed by atoms with Gasteiger partial charge in [0.15, 0.2) is 0 Å². The predicted molar refractivity (Wildman–Crippen MR) is 253 cm³/mol. The van der Waals surface area contributed by atoms with Crippen molar-refractivity contribution in [3.05, 3.63) is 167 Å². The van der Waals surface area contributed by atoms with Gasteiger partial charge >= 0.3 is 0 Å². The fourth-order valence-electron chi connectivity index (χ4n) is 7.83. The second-order valence-electron chi connectivity index (χ2n) is 18.1. The molecule has 2 heterocycles. The summed E-state index contributed by atoms with van der Waals surface area (Å²) in [6.07, 6.45) is 1.83. The van der Waals surface area contributed by atoms with E-state index in [0.29, 0.717) is 44.8 Å². The molecule has 60 heavy (non-hydrogen) atoms. The van der Waals surface area contributed by atoms with Crippen molar-refractivity contribution >= 4 is 11.0 Å². The van der Waals surface area contributed by atoms with Gasteiger partial charge in [-0.1, -0.05) is 153 Å². The first-order chi connectivity index (χ1) is 32.1. The number of hydrogen-bond acceptors (Lipinski definition) is 3. The molecule has 8 rings (SSSR count). The lowest BCUT2D eigenvalue weighted by Crippen LogP contribution is -2.13. The Morgan fingerprint density at radius 2 is 1.22 bits per heavy atom. The predicted octanol–water partition coefficient (Wildman–Crippen LogP) is 15.0. The lowest BCUT2D eigenvalue weighted by Gasteiger charge is -2.24. The maximum absolute atomic E-state index is 12.1. The van der Waals surface area contributed by atoms with Crippen molar-refractivity contribution < 1.29 is 17.4 Å². The van der Waals surface area contributed by atoms with E-state index >= 15 is 0 Å². The fourth-order valence-corrected chi connectivity index (χ4v) is 7.83. The van der Waals surface area contributed by atoms with Gasteiger partial charge in [0.25, 0.3) is 0 Å². The highest BCUT2D eigenvalue weighted by Crippen LogP contribution is 2.44. The van der Waals surface area contributed by atoms with Gasteiger partial charge in [0, 0.05) is 35.2 Å². The zero-order chi connectivity index (χ0) is 50.2. The van der Waals surface area contributed by atoms with Crippen LogP contribution in [0.5, 0.6) is 5.75 Å². The Bertz CT molecular complexity index is 3190. The number of benzene rings is 6. The van der Waals surface area contributed by atoms with E-state index < -0.39 is 26.0 Å². The number of rotatable bonds is 6. The van der Waals surface area contributed by atoms with Crippen LogP contribution in [0.4, 0.5) is 0 Å². The van der Waals surface area contributed by atoms with Crippen molar-refractivity contribution in [2.45, 2.75) is 92.2 Å². The van der Waals surface area contributed by atoms with E-state index in [0.717, 1.165) is 44.6 Å². The molecule has 0 aliphatic heterocycles. The zero-order valence-corrected chi connectivity index (χ0v) is 35.6. The molecule has 4 heteroatoms. The molecule has 0 aliphatic rings. The molecule has 8 aromatic rings. The molecular weight excluding hydrogens is 731 g/mol.